The molecule has 6 nitrogen and oxygen atoms in total. The van der Waals surface area contributed by atoms with Crippen LogP contribution in [-0.2, 0) is 9.59 Å². The molecular formula is C13H15N3O3. The van der Waals surface area contributed by atoms with Gasteiger partial charge in [0.05, 0.1) is 12.6 Å². The quantitative estimate of drug-likeness (QED) is 0.771. The maximum atomic E-state index is 11.8. The van der Waals surface area contributed by atoms with Gasteiger partial charge in [-0.25, -0.2) is 4.79 Å². The molecule has 0 aliphatic carbocycles. The second kappa shape index (κ2) is 5.51. The normalized spacial score (nSPS) is 16.2. The minimum Gasteiger partial charge on any atom is -0.348 e. The van der Waals surface area contributed by atoms with E-state index in [2.05, 4.69) is 10.6 Å². The first-order chi connectivity index (χ1) is 9.08. The van der Waals surface area contributed by atoms with Crippen molar-refractivity contribution in [3.05, 3.63) is 35.9 Å². The van der Waals surface area contributed by atoms with Crippen molar-refractivity contribution < 1.29 is 14.4 Å². The number of amides is 4. The molecule has 6 heteroatoms. The van der Waals surface area contributed by atoms with Gasteiger partial charge in [0, 0.05) is 0 Å². The van der Waals surface area contributed by atoms with Crippen LogP contribution in [-0.4, -0.2) is 35.8 Å². The molecule has 0 spiro atoms. The van der Waals surface area contributed by atoms with Crippen molar-refractivity contribution in [2.45, 2.75) is 13.0 Å². The van der Waals surface area contributed by atoms with Crippen LogP contribution in [0.2, 0.25) is 0 Å². The van der Waals surface area contributed by atoms with Gasteiger partial charge in [-0.2, -0.15) is 0 Å². The number of rotatable bonds is 4. The Balaban J connectivity index is 1.91. The molecule has 1 atom stereocenters. The van der Waals surface area contributed by atoms with Crippen LogP contribution in [0, 0.1) is 0 Å². The highest BCUT2D eigenvalue weighted by Crippen LogP contribution is 2.11. The van der Waals surface area contributed by atoms with Gasteiger partial charge in [-0.15, -0.1) is 0 Å². The fourth-order valence-corrected chi connectivity index (χ4v) is 1.87. The van der Waals surface area contributed by atoms with Gasteiger partial charge >= 0.3 is 6.03 Å². The zero-order valence-corrected chi connectivity index (χ0v) is 10.6. The first-order valence-corrected chi connectivity index (χ1v) is 6.00. The molecule has 4 amide bonds. The van der Waals surface area contributed by atoms with Crippen molar-refractivity contribution in [1.82, 2.24) is 15.5 Å². The molecule has 0 saturated carbocycles. The van der Waals surface area contributed by atoms with E-state index in [1.54, 1.807) is 0 Å². The Morgan fingerprint density at radius 3 is 2.63 bits per heavy atom. The van der Waals surface area contributed by atoms with Crippen LogP contribution in [0.5, 0.6) is 0 Å². The molecule has 0 aromatic heterocycles. The Kier molecular flexibility index (Phi) is 3.79. The van der Waals surface area contributed by atoms with Crippen LogP contribution in [0.3, 0.4) is 0 Å². The van der Waals surface area contributed by atoms with Crippen molar-refractivity contribution in [1.29, 1.82) is 0 Å². The van der Waals surface area contributed by atoms with Gasteiger partial charge in [-0.05, 0) is 12.5 Å². The molecule has 1 aliphatic rings. The highest BCUT2D eigenvalue weighted by Gasteiger charge is 2.30. The number of carbonyl (C=O) groups excluding carboxylic acids is 3. The molecule has 1 aromatic rings. The topological polar surface area (TPSA) is 78.5 Å². The number of hydrogen-bond acceptors (Lipinski definition) is 3. The highest BCUT2D eigenvalue weighted by atomic mass is 16.2. The predicted molar refractivity (Wildman–Crippen MR) is 68.1 cm³/mol. The standard InChI is InChI=1S/C13H15N3O3/c1-9(10-5-3-2-4-6-10)15-11(17)8-16-12(18)7-14-13(16)19/h2-6,9H,7-8H2,1H3,(H,14,19)(H,15,17). The summed E-state index contributed by atoms with van der Waals surface area (Å²) in [5, 5.41) is 5.12. The lowest BCUT2D eigenvalue weighted by Crippen LogP contribution is -2.41. The fraction of sp³-hybridized carbons (Fsp3) is 0.308. The van der Waals surface area contributed by atoms with Crippen molar-refractivity contribution in [3.8, 4) is 0 Å². The van der Waals surface area contributed by atoms with Gasteiger partial charge in [0.15, 0.2) is 0 Å². The lowest BCUT2D eigenvalue weighted by Gasteiger charge is -2.17. The van der Waals surface area contributed by atoms with Gasteiger partial charge in [0.1, 0.15) is 6.54 Å². The zero-order valence-electron chi connectivity index (χ0n) is 10.6. The van der Waals surface area contributed by atoms with Crippen molar-refractivity contribution in [3.63, 3.8) is 0 Å². The summed E-state index contributed by atoms with van der Waals surface area (Å²) < 4.78 is 0. The number of imide groups is 1. The summed E-state index contributed by atoms with van der Waals surface area (Å²) in [7, 11) is 0. The third-order valence-corrected chi connectivity index (χ3v) is 2.92. The predicted octanol–water partition coefficient (Wildman–Crippen LogP) is 0.416. The lowest BCUT2D eigenvalue weighted by atomic mass is 10.1. The molecule has 1 aliphatic heterocycles. The molecule has 100 valence electrons. The zero-order chi connectivity index (χ0) is 13.8. The second-order valence-corrected chi connectivity index (χ2v) is 4.34. The van der Waals surface area contributed by atoms with E-state index in [1.165, 1.54) is 0 Å². The maximum absolute atomic E-state index is 11.8. The molecule has 1 fully saturated rings. The summed E-state index contributed by atoms with van der Waals surface area (Å²) in [6.45, 7) is 1.56. The maximum Gasteiger partial charge on any atom is 0.325 e. The van der Waals surface area contributed by atoms with E-state index in [0.29, 0.717) is 0 Å². The Morgan fingerprint density at radius 1 is 1.37 bits per heavy atom. The van der Waals surface area contributed by atoms with Gasteiger partial charge in [0.2, 0.25) is 5.91 Å². The van der Waals surface area contributed by atoms with Crippen LogP contribution in [0.15, 0.2) is 30.3 Å². The number of carbonyl (C=O) groups is 3. The summed E-state index contributed by atoms with van der Waals surface area (Å²) in [6.07, 6.45) is 0. The number of urea groups is 1. The molecule has 1 aromatic carbocycles. The molecule has 19 heavy (non-hydrogen) atoms. The first kappa shape index (κ1) is 13.1. The molecule has 1 heterocycles. The van der Waals surface area contributed by atoms with E-state index < -0.39 is 6.03 Å². The summed E-state index contributed by atoms with van der Waals surface area (Å²) in [4.78, 5) is 35.3. The van der Waals surface area contributed by atoms with Crippen molar-refractivity contribution >= 4 is 17.8 Å². The average molecular weight is 261 g/mol. The highest BCUT2D eigenvalue weighted by molar-refractivity contribution is 6.04. The van der Waals surface area contributed by atoms with Crippen LogP contribution in [0.25, 0.3) is 0 Å². The smallest absolute Gasteiger partial charge is 0.325 e. The van der Waals surface area contributed by atoms with E-state index in [-0.39, 0.29) is 30.9 Å². The Bertz CT molecular complexity index is 485. The third-order valence-electron chi connectivity index (χ3n) is 2.92. The van der Waals surface area contributed by atoms with E-state index >= 15 is 0 Å². The van der Waals surface area contributed by atoms with Crippen LogP contribution >= 0.6 is 0 Å². The van der Waals surface area contributed by atoms with Gasteiger partial charge < -0.3 is 10.6 Å². The fourth-order valence-electron chi connectivity index (χ4n) is 1.87. The SMILES string of the molecule is CC(NC(=O)CN1C(=O)CNC1=O)c1ccccc1. The third kappa shape index (κ3) is 3.09. The number of nitrogens with one attached hydrogen (secondary N) is 2. The summed E-state index contributed by atoms with van der Waals surface area (Å²) in [5.41, 5.74) is 0.966. The number of hydrogen-bond donors (Lipinski definition) is 2. The lowest BCUT2D eigenvalue weighted by molar-refractivity contribution is -0.130. The average Bonchev–Trinajstić information content (AvgIpc) is 2.71. The van der Waals surface area contributed by atoms with Gasteiger partial charge in [0.25, 0.3) is 5.91 Å². The number of nitrogens with zero attached hydrogens (tertiary/aromatic N) is 1. The Hall–Kier alpha value is -2.37. The van der Waals surface area contributed by atoms with E-state index in [1.807, 2.05) is 37.3 Å². The first-order valence-electron chi connectivity index (χ1n) is 6.00. The molecule has 0 radical (unpaired) electrons. The van der Waals surface area contributed by atoms with Crippen molar-refractivity contribution in [2.75, 3.05) is 13.1 Å². The molecule has 2 rings (SSSR count). The summed E-state index contributed by atoms with van der Waals surface area (Å²) in [5.74, 6) is -0.741. The Morgan fingerprint density at radius 2 is 2.05 bits per heavy atom. The van der Waals surface area contributed by atoms with Crippen LogP contribution in [0.4, 0.5) is 4.79 Å². The van der Waals surface area contributed by atoms with E-state index in [9.17, 15) is 14.4 Å². The van der Waals surface area contributed by atoms with E-state index in [0.717, 1.165) is 10.5 Å². The molecule has 2 N–H and O–H groups in total. The van der Waals surface area contributed by atoms with Crippen LogP contribution in [0.1, 0.15) is 18.5 Å². The largest absolute Gasteiger partial charge is 0.348 e. The van der Waals surface area contributed by atoms with Crippen molar-refractivity contribution in [2.24, 2.45) is 0 Å². The molecule has 0 bridgehead atoms. The second-order valence-electron chi connectivity index (χ2n) is 4.34. The minimum absolute atomic E-state index is 0.0413. The monoisotopic (exact) mass is 261 g/mol. The molecule has 1 unspecified atom stereocenters. The Labute approximate surface area is 110 Å². The summed E-state index contributed by atoms with van der Waals surface area (Å²) >= 11 is 0. The molecule has 1 saturated heterocycles. The van der Waals surface area contributed by atoms with Crippen LogP contribution < -0.4 is 10.6 Å². The van der Waals surface area contributed by atoms with E-state index in [4.69, 9.17) is 0 Å². The van der Waals surface area contributed by atoms with Gasteiger partial charge in [-0.1, -0.05) is 30.3 Å². The molecular weight excluding hydrogens is 246 g/mol. The number of benzene rings is 1. The minimum atomic E-state index is -0.521. The van der Waals surface area contributed by atoms with Gasteiger partial charge in [-0.3, -0.25) is 14.5 Å². The summed E-state index contributed by atoms with van der Waals surface area (Å²) in [6, 6.07) is 8.77.